The summed E-state index contributed by atoms with van der Waals surface area (Å²) in [6.07, 6.45) is 0. The minimum atomic E-state index is -0.176. The van der Waals surface area contributed by atoms with Gasteiger partial charge in [0.05, 0.1) is 6.07 Å². The number of allylic oxidation sites excluding steroid dienone is 2. The fourth-order valence-corrected chi connectivity index (χ4v) is 2.91. The van der Waals surface area contributed by atoms with Crippen LogP contribution in [0.2, 0.25) is 0 Å². The molecule has 0 saturated heterocycles. The van der Waals surface area contributed by atoms with E-state index in [-0.39, 0.29) is 10.8 Å². The normalized spacial score (nSPS) is 20.7. The van der Waals surface area contributed by atoms with E-state index in [1.807, 2.05) is 0 Å². The standard InChI is InChI=1S/C16H19N/c1-11-14(10-17)16(4,5)13-9-7-6-8-12(13)15(11,2)3/h6-9H,1-5H3. The summed E-state index contributed by atoms with van der Waals surface area (Å²) >= 11 is 0. The van der Waals surface area contributed by atoms with Gasteiger partial charge in [-0.3, -0.25) is 0 Å². The Kier molecular flexibility index (Phi) is 2.43. The van der Waals surface area contributed by atoms with Crippen molar-refractivity contribution < 1.29 is 0 Å². The van der Waals surface area contributed by atoms with Gasteiger partial charge >= 0.3 is 0 Å². The van der Waals surface area contributed by atoms with Crippen LogP contribution in [0.4, 0.5) is 0 Å². The molecule has 1 aromatic rings. The number of rotatable bonds is 0. The van der Waals surface area contributed by atoms with Crippen molar-refractivity contribution in [2.45, 2.75) is 45.4 Å². The summed E-state index contributed by atoms with van der Waals surface area (Å²) in [5.41, 5.74) is 4.53. The average molecular weight is 225 g/mol. The van der Waals surface area contributed by atoms with E-state index in [0.717, 1.165) is 5.57 Å². The summed E-state index contributed by atoms with van der Waals surface area (Å²) in [4.78, 5) is 0. The van der Waals surface area contributed by atoms with Crippen molar-refractivity contribution in [3.63, 3.8) is 0 Å². The molecule has 0 bridgehead atoms. The quantitative estimate of drug-likeness (QED) is 0.652. The zero-order chi connectivity index (χ0) is 12.8. The molecule has 1 heteroatoms. The lowest BCUT2D eigenvalue weighted by molar-refractivity contribution is 0.516. The third-order valence-corrected chi connectivity index (χ3v) is 4.32. The van der Waals surface area contributed by atoms with Gasteiger partial charge in [-0.25, -0.2) is 0 Å². The first-order chi connectivity index (χ1) is 7.83. The van der Waals surface area contributed by atoms with Gasteiger partial charge < -0.3 is 0 Å². The Morgan fingerprint density at radius 2 is 1.41 bits per heavy atom. The number of fused-ring (bicyclic) bond motifs is 1. The molecule has 0 amide bonds. The lowest BCUT2D eigenvalue weighted by Gasteiger charge is -2.42. The van der Waals surface area contributed by atoms with Crippen LogP contribution in [0.1, 0.15) is 45.7 Å². The third-order valence-electron chi connectivity index (χ3n) is 4.32. The predicted molar refractivity (Wildman–Crippen MR) is 70.8 cm³/mol. The van der Waals surface area contributed by atoms with Gasteiger partial charge in [0.15, 0.2) is 0 Å². The summed E-state index contributed by atoms with van der Waals surface area (Å²) in [6.45, 7) is 10.8. The number of hydrogen-bond acceptors (Lipinski definition) is 1. The molecule has 0 unspecified atom stereocenters. The summed E-state index contributed by atoms with van der Waals surface area (Å²) < 4.78 is 0. The zero-order valence-corrected chi connectivity index (χ0v) is 11.3. The van der Waals surface area contributed by atoms with Gasteiger partial charge in [0.2, 0.25) is 0 Å². The van der Waals surface area contributed by atoms with E-state index in [1.165, 1.54) is 16.7 Å². The Morgan fingerprint density at radius 1 is 0.941 bits per heavy atom. The van der Waals surface area contributed by atoms with Crippen molar-refractivity contribution in [2.24, 2.45) is 0 Å². The van der Waals surface area contributed by atoms with E-state index in [1.54, 1.807) is 0 Å². The van der Waals surface area contributed by atoms with E-state index in [0.29, 0.717) is 0 Å². The van der Waals surface area contributed by atoms with Crippen molar-refractivity contribution in [1.29, 1.82) is 5.26 Å². The topological polar surface area (TPSA) is 23.8 Å². The molecule has 17 heavy (non-hydrogen) atoms. The smallest absolute Gasteiger partial charge is 0.0956 e. The van der Waals surface area contributed by atoms with Crippen LogP contribution in [0.3, 0.4) is 0 Å². The fraction of sp³-hybridized carbons (Fsp3) is 0.438. The van der Waals surface area contributed by atoms with Crippen LogP contribution in [0.15, 0.2) is 35.4 Å². The minimum absolute atomic E-state index is 0.0445. The Morgan fingerprint density at radius 3 is 1.88 bits per heavy atom. The highest BCUT2D eigenvalue weighted by atomic mass is 14.5. The molecule has 0 N–H and O–H groups in total. The Labute approximate surface area is 104 Å². The summed E-state index contributed by atoms with van der Waals surface area (Å²) in [6, 6.07) is 10.9. The van der Waals surface area contributed by atoms with Crippen molar-refractivity contribution in [1.82, 2.24) is 0 Å². The second-order valence-corrected chi connectivity index (χ2v) is 5.91. The number of benzene rings is 1. The van der Waals surface area contributed by atoms with E-state index in [4.69, 9.17) is 0 Å². The summed E-state index contributed by atoms with van der Waals surface area (Å²) in [5.74, 6) is 0. The molecule has 0 aromatic heterocycles. The van der Waals surface area contributed by atoms with E-state index in [9.17, 15) is 5.26 Å². The van der Waals surface area contributed by atoms with Crippen LogP contribution >= 0.6 is 0 Å². The predicted octanol–water partition coefficient (Wildman–Crippen LogP) is 4.10. The first kappa shape index (κ1) is 11.9. The van der Waals surface area contributed by atoms with Crippen molar-refractivity contribution in [3.05, 3.63) is 46.5 Å². The monoisotopic (exact) mass is 225 g/mol. The molecule has 0 atom stereocenters. The summed E-state index contributed by atoms with van der Waals surface area (Å²) in [5, 5.41) is 9.45. The van der Waals surface area contributed by atoms with Gasteiger partial charge in [0, 0.05) is 16.4 Å². The SMILES string of the molecule is CC1=C(C#N)C(C)(C)c2ccccc2C1(C)C. The van der Waals surface area contributed by atoms with Crippen molar-refractivity contribution >= 4 is 0 Å². The van der Waals surface area contributed by atoms with E-state index < -0.39 is 0 Å². The highest BCUT2D eigenvalue weighted by molar-refractivity contribution is 5.57. The molecule has 1 nitrogen and oxygen atoms in total. The fourth-order valence-electron chi connectivity index (χ4n) is 2.91. The molecular formula is C16H19N. The molecule has 0 spiro atoms. The lowest BCUT2D eigenvalue weighted by atomic mass is 9.60. The van der Waals surface area contributed by atoms with Crippen LogP contribution < -0.4 is 0 Å². The van der Waals surface area contributed by atoms with Crippen molar-refractivity contribution in [3.8, 4) is 6.07 Å². The highest BCUT2D eigenvalue weighted by Crippen LogP contribution is 2.48. The molecule has 0 fully saturated rings. The van der Waals surface area contributed by atoms with Crippen LogP contribution in [-0.4, -0.2) is 0 Å². The molecule has 0 heterocycles. The molecule has 1 aromatic carbocycles. The number of nitrogens with zero attached hydrogens (tertiary/aromatic N) is 1. The van der Waals surface area contributed by atoms with Gasteiger partial charge in [-0.2, -0.15) is 5.26 Å². The maximum absolute atomic E-state index is 9.45. The van der Waals surface area contributed by atoms with Gasteiger partial charge in [-0.05, 0) is 23.6 Å². The second-order valence-electron chi connectivity index (χ2n) is 5.91. The van der Waals surface area contributed by atoms with E-state index >= 15 is 0 Å². The largest absolute Gasteiger partial charge is 0.193 e. The van der Waals surface area contributed by atoms with Crippen LogP contribution in [0, 0.1) is 11.3 Å². The molecule has 0 saturated carbocycles. The van der Waals surface area contributed by atoms with Crippen LogP contribution in [0.25, 0.3) is 0 Å². The lowest BCUT2D eigenvalue weighted by Crippen LogP contribution is -2.35. The maximum Gasteiger partial charge on any atom is 0.0956 e. The Balaban J connectivity index is 2.85. The highest BCUT2D eigenvalue weighted by Gasteiger charge is 2.41. The summed E-state index contributed by atoms with van der Waals surface area (Å²) in [7, 11) is 0. The Hall–Kier alpha value is -1.55. The molecule has 2 rings (SSSR count). The molecular weight excluding hydrogens is 206 g/mol. The maximum atomic E-state index is 9.45. The first-order valence-corrected chi connectivity index (χ1v) is 6.05. The van der Waals surface area contributed by atoms with Crippen LogP contribution in [-0.2, 0) is 10.8 Å². The molecule has 0 aliphatic heterocycles. The molecule has 0 radical (unpaired) electrons. The average Bonchev–Trinajstić information content (AvgIpc) is 2.28. The van der Waals surface area contributed by atoms with Gasteiger partial charge in [0.1, 0.15) is 0 Å². The third kappa shape index (κ3) is 1.44. The van der Waals surface area contributed by atoms with Crippen molar-refractivity contribution in [2.75, 3.05) is 0 Å². The van der Waals surface area contributed by atoms with Crippen LogP contribution in [0.5, 0.6) is 0 Å². The molecule has 88 valence electrons. The Bertz CT molecular complexity index is 539. The minimum Gasteiger partial charge on any atom is -0.193 e. The number of hydrogen-bond donors (Lipinski definition) is 0. The molecule has 1 aliphatic carbocycles. The van der Waals surface area contributed by atoms with Gasteiger partial charge in [-0.1, -0.05) is 52.0 Å². The van der Waals surface area contributed by atoms with Gasteiger partial charge in [-0.15, -0.1) is 0 Å². The molecule has 1 aliphatic rings. The van der Waals surface area contributed by atoms with Gasteiger partial charge in [0.25, 0.3) is 0 Å². The second kappa shape index (κ2) is 3.47. The zero-order valence-electron chi connectivity index (χ0n) is 11.3. The van der Waals surface area contributed by atoms with E-state index in [2.05, 4.69) is 65.0 Å². The first-order valence-electron chi connectivity index (χ1n) is 6.05. The number of nitriles is 1.